The Hall–Kier alpha value is -1.59. The minimum absolute atomic E-state index is 0.000767. The van der Waals surface area contributed by atoms with E-state index >= 15 is 0 Å². The van der Waals surface area contributed by atoms with Gasteiger partial charge in [0.05, 0.1) is 0 Å². The van der Waals surface area contributed by atoms with Gasteiger partial charge < -0.3 is 13.9 Å². The smallest absolute Gasteiger partial charge is 0.336 e. The summed E-state index contributed by atoms with van der Waals surface area (Å²) >= 11 is 0. The number of rotatable bonds is 4. The Labute approximate surface area is 131 Å². The fourth-order valence-corrected chi connectivity index (χ4v) is 3.07. The molecule has 0 bridgehead atoms. The molecule has 1 heterocycles. The molecule has 0 spiro atoms. The number of aliphatic hydroxyl groups excluding tert-OH is 1. The van der Waals surface area contributed by atoms with Gasteiger partial charge in [-0.2, -0.15) is 0 Å². The van der Waals surface area contributed by atoms with Crippen LogP contribution in [0.4, 0.5) is 0 Å². The predicted octanol–water partition coefficient (Wildman–Crippen LogP) is 3.71. The summed E-state index contributed by atoms with van der Waals surface area (Å²) in [4.78, 5) is 11.7. The molecule has 0 aliphatic rings. The Kier molecular flexibility index (Phi) is 4.49. The Bertz CT molecular complexity index is 725. The first kappa shape index (κ1) is 16.8. The summed E-state index contributed by atoms with van der Waals surface area (Å²) in [6, 6.07) is 7.01. The number of benzene rings is 1. The summed E-state index contributed by atoms with van der Waals surface area (Å²) < 4.78 is 11.5. The third-order valence-electron chi connectivity index (χ3n) is 4.36. The predicted molar refractivity (Wildman–Crippen MR) is 91.1 cm³/mol. The normalized spacial score (nSPS) is 12.6. The van der Waals surface area contributed by atoms with E-state index in [0.717, 1.165) is 16.7 Å². The van der Waals surface area contributed by atoms with Crippen molar-refractivity contribution in [1.82, 2.24) is 0 Å². The molecule has 0 amide bonds. The second-order valence-electron chi connectivity index (χ2n) is 7.08. The monoisotopic (exact) mass is 320 g/mol. The molecule has 0 atom stereocenters. The largest absolute Gasteiger partial charge is 0.543 e. The van der Waals surface area contributed by atoms with Crippen LogP contribution in [0.1, 0.15) is 26.3 Å². The summed E-state index contributed by atoms with van der Waals surface area (Å²) in [6.07, 6.45) is 0.435. The van der Waals surface area contributed by atoms with Crippen LogP contribution in [0.5, 0.6) is 5.75 Å². The summed E-state index contributed by atoms with van der Waals surface area (Å²) in [5, 5.41) is 10.1. The highest BCUT2D eigenvalue weighted by molar-refractivity contribution is 6.74. The number of hydrogen-bond acceptors (Lipinski definition) is 4. The van der Waals surface area contributed by atoms with Crippen LogP contribution in [0.2, 0.25) is 18.1 Å². The van der Waals surface area contributed by atoms with E-state index in [2.05, 4.69) is 33.9 Å². The molecule has 0 saturated carbocycles. The molecule has 0 aliphatic carbocycles. The van der Waals surface area contributed by atoms with Gasteiger partial charge in [0.25, 0.3) is 0 Å². The Morgan fingerprint density at radius 1 is 1.23 bits per heavy atom. The van der Waals surface area contributed by atoms with Crippen molar-refractivity contribution in [3.8, 4) is 5.75 Å². The average Bonchev–Trinajstić information content (AvgIpc) is 2.36. The van der Waals surface area contributed by atoms with E-state index in [-0.39, 0.29) is 11.6 Å². The molecule has 1 aromatic carbocycles. The molecular formula is C17H24O4Si. The van der Waals surface area contributed by atoms with Crippen molar-refractivity contribution in [3.63, 3.8) is 0 Å². The first-order valence-corrected chi connectivity index (χ1v) is 10.4. The van der Waals surface area contributed by atoms with Gasteiger partial charge in [0, 0.05) is 24.1 Å². The van der Waals surface area contributed by atoms with Crippen LogP contribution in [0.15, 0.2) is 33.5 Å². The fraction of sp³-hybridized carbons (Fsp3) is 0.471. The lowest BCUT2D eigenvalue weighted by Crippen LogP contribution is -2.43. The van der Waals surface area contributed by atoms with Gasteiger partial charge in [-0.3, -0.25) is 0 Å². The van der Waals surface area contributed by atoms with Crippen molar-refractivity contribution in [3.05, 3.63) is 40.2 Å². The van der Waals surface area contributed by atoms with Gasteiger partial charge in [0.2, 0.25) is 8.32 Å². The molecule has 2 rings (SSSR count). The van der Waals surface area contributed by atoms with Crippen LogP contribution in [0, 0.1) is 0 Å². The molecule has 22 heavy (non-hydrogen) atoms. The maximum atomic E-state index is 11.7. The first-order valence-electron chi connectivity index (χ1n) is 7.51. The Balaban J connectivity index is 2.45. The van der Waals surface area contributed by atoms with Gasteiger partial charge in [-0.15, -0.1) is 0 Å². The van der Waals surface area contributed by atoms with Gasteiger partial charge in [-0.25, -0.2) is 4.79 Å². The quantitative estimate of drug-likeness (QED) is 0.689. The third kappa shape index (κ3) is 3.42. The van der Waals surface area contributed by atoms with Crippen LogP contribution >= 0.6 is 0 Å². The van der Waals surface area contributed by atoms with Crippen molar-refractivity contribution in [2.45, 2.75) is 45.3 Å². The molecule has 0 radical (unpaired) electrons. The zero-order chi connectivity index (χ0) is 16.5. The van der Waals surface area contributed by atoms with Crippen molar-refractivity contribution in [2.75, 3.05) is 6.61 Å². The summed E-state index contributed by atoms with van der Waals surface area (Å²) in [6.45, 7) is 10.9. The van der Waals surface area contributed by atoms with Gasteiger partial charge >= 0.3 is 5.63 Å². The zero-order valence-electron chi connectivity index (χ0n) is 13.9. The number of hydrogen-bond donors (Lipinski definition) is 1. The lowest BCUT2D eigenvalue weighted by atomic mass is 10.1. The second-order valence-corrected chi connectivity index (χ2v) is 11.8. The van der Waals surface area contributed by atoms with Crippen LogP contribution < -0.4 is 10.1 Å². The maximum Gasteiger partial charge on any atom is 0.336 e. The standard InChI is InChI=1S/C17H24O4Si/c1-17(2,3)22(4,5)21-13-6-7-14-12(8-9-18)10-16(19)20-15(14)11-13/h6-7,10-11,18H,8-9H2,1-5H3. The minimum atomic E-state index is -1.94. The zero-order valence-corrected chi connectivity index (χ0v) is 14.9. The van der Waals surface area contributed by atoms with Gasteiger partial charge in [-0.05, 0) is 42.2 Å². The van der Waals surface area contributed by atoms with E-state index in [1.165, 1.54) is 6.07 Å². The summed E-state index contributed by atoms with van der Waals surface area (Å²) in [7, 11) is -1.94. The molecular weight excluding hydrogens is 296 g/mol. The van der Waals surface area contributed by atoms with E-state index in [1.54, 1.807) is 6.07 Å². The lowest BCUT2D eigenvalue weighted by Gasteiger charge is -2.36. The lowest BCUT2D eigenvalue weighted by molar-refractivity contribution is 0.300. The van der Waals surface area contributed by atoms with Gasteiger partial charge in [0.1, 0.15) is 11.3 Å². The van der Waals surface area contributed by atoms with E-state index in [9.17, 15) is 4.79 Å². The van der Waals surface area contributed by atoms with Crippen molar-refractivity contribution >= 4 is 19.3 Å². The third-order valence-corrected chi connectivity index (χ3v) is 8.72. The SMILES string of the molecule is CC(C)(C)[Si](C)(C)Oc1ccc2c(CCO)cc(=O)oc2c1. The molecule has 120 valence electrons. The Morgan fingerprint density at radius 3 is 2.50 bits per heavy atom. The fourth-order valence-electron chi connectivity index (χ4n) is 2.05. The van der Waals surface area contributed by atoms with Crippen LogP contribution in [0.3, 0.4) is 0 Å². The maximum absolute atomic E-state index is 11.7. The molecule has 5 heteroatoms. The van der Waals surface area contributed by atoms with Gasteiger partial charge in [-0.1, -0.05) is 20.8 Å². The van der Waals surface area contributed by atoms with E-state index in [1.807, 2.05) is 12.1 Å². The van der Waals surface area contributed by atoms with Crippen LogP contribution in [0.25, 0.3) is 11.0 Å². The molecule has 0 unspecified atom stereocenters. The van der Waals surface area contributed by atoms with E-state index in [4.69, 9.17) is 13.9 Å². The molecule has 1 N–H and O–H groups in total. The molecule has 0 aliphatic heterocycles. The van der Waals surface area contributed by atoms with Crippen molar-refractivity contribution < 1.29 is 13.9 Å². The molecule has 1 aromatic heterocycles. The summed E-state index contributed by atoms with van der Waals surface area (Å²) in [5.41, 5.74) is 0.903. The molecule has 0 saturated heterocycles. The van der Waals surface area contributed by atoms with E-state index < -0.39 is 13.9 Å². The average molecular weight is 320 g/mol. The van der Waals surface area contributed by atoms with Crippen LogP contribution in [-0.4, -0.2) is 20.0 Å². The highest BCUT2D eigenvalue weighted by atomic mass is 28.4. The minimum Gasteiger partial charge on any atom is -0.543 e. The Morgan fingerprint density at radius 2 is 1.91 bits per heavy atom. The van der Waals surface area contributed by atoms with Crippen molar-refractivity contribution in [1.29, 1.82) is 0 Å². The summed E-state index contributed by atoms with van der Waals surface area (Å²) in [5.74, 6) is 0.725. The highest BCUT2D eigenvalue weighted by Crippen LogP contribution is 2.37. The van der Waals surface area contributed by atoms with Crippen LogP contribution in [-0.2, 0) is 6.42 Å². The number of fused-ring (bicyclic) bond motifs is 1. The van der Waals surface area contributed by atoms with Gasteiger partial charge in [0.15, 0.2) is 0 Å². The topological polar surface area (TPSA) is 59.7 Å². The number of aliphatic hydroxyl groups is 1. The molecule has 2 aromatic rings. The molecule has 4 nitrogen and oxygen atoms in total. The van der Waals surface area contributed by atoms with Crippen molar-refractivity contribution in [2.24, 2.45) is 0 Å². The highest BCUT2D eigenvalue weighted by Gasteiger charge is 2.39. The molecule has 0 fully saturated rings. The first-order chi connectivity index (χ1) is 10.1. The second kappa shape index (κ2) is 5.89. The van der Waals surface area contributed by atoms with E-state index in [0.29, 0.717) is 12.0 Å².